The van der Waals surface area contributed by atoms with E-state index < -0.39 is 29.8 Å². The van der Waals surface area contributed by atoms with Crippen LogP contribution < -0.4 is 15.6 Å². The first kappa shape index (κ1) is 23.2. The Balaban J connectivity index is 1.58. The number of aromatic amines is 1. The number of amides is 1. The van der Waals surface area contributed by atoms with Crippen LogP contribution in [0.1, 0.15) is 22.6 Å². The first-order valence-electron chi connectivity index (χ1n) is 10.5. The Labute approximate surface area is 193 Å². The third kappa shape index (κ3) is 4.98. The van der Waals surface area contributed by atoms with E-state index in [1.54, 1.807) is 7.11 Å². The number of ether oxygens (including phenoxy) is 1. The number of nitrogens with zero attached hydrogens (tertiary/aromatic N) is 1. The molecule has 0 saturated heterocycles. The van der Waals surface area contributed by atoms with Gasteiger partial charge in [-0.05, 0) is 35.4 Å². The Kier molecular flexibility index (Phi) is 6.45. The molecule has 1 amide bonds. The average molecular weight is 469 g/mol. The summed E-state index contributed by atoms with van der Waals surface area (Å²) in [6, 6.07) is 16.7. The normalized spacial score (nSPS) is 12.5. The van der Waals surface area contributed by atoms with Crippen LogP contribution in [0.5, 0.6) is 5.75 Å². The maximum Gasteiger partial charge on any atom is 0.417 e. The van der Waals surface area contributed by atoms with Gasteiger partial charge in [0.1, 0.15) is 12.3 Å². The molecular formula is C25H22F3N3O3. The summed E-state index contributed by atoms with van der Waals surface area (Å²) in [4.78, 5) is 27.8. The van der Waals surface area contributed by atoms with Crippen molar-refractivity contribution in [2.24, 2.45) is 0 Å². The van der Waals surface area contributed by atoms with Gasteiger partial charge in [0.25, 0.3) is 5.56 Å². The van der Waals surface area contributed by atoms with Crippen molar-refractivity contribution >= 4 is 16.8 Å². The lowest BCUT2D eigenvalue weighted by Crippen LogP contribution is -2.35. The molecule has 4 aromatic rings. The fraction of sp³-hybridized carbons (Fsp3) is 0.200. The predicted molar refractivity (Wildman–Crippen MR) is 122 cm³/mol. The van der Waals surface area contributed by atoms with Crippen LogP contribution in [0.4, 0.5) is 13.2 Å². The standard InChI is InChI=1S/C25H22F3N3O3/c1-34-18-9-6-16(7-10-18)20(21-13-29-22-5-3-2-4-19(21)22)12-30-23(32)15-31-14-17(25(26,27)28)8-11-24(31)33/h2-11,13-14,20,29H,12,15H2,1H3,(H,30,32). The number of para-hydroxylation sites is 1. The summed E-state index contributed by atoms with van der Waals surface area (Å²) >= 11 is 0. The molecule has 0 aliphatic carbocycles. The van der Waals surface area contributed by atoms with Crippen LogP contribution in [0.3, 0.4) is 0 Å². The number of fused-ring (bicyclic) bond motifs is 1. The highest BCUT2D eigenvalue weighted by molar-refractivity contribution is 5.84. The minimum Gasteiger partial charge on any atom is -0.497 e. The lowest BCUT2D eigenvalue weighted by Gasteiger charge is -2.19. The van der Waals surface area contributed by atoms with Crippen molar-refractivity contribution in [2.45, 2.75) is 18.6 Å². The number of methoxy groups -OCH3 is 1. The zero-order chi connectivity index (χ0) is 24.3. The highest BCUT2D eigenvalue weighted by atomic mass is 19.4. The van der Waals surface area contributed by atoms with E-state index in [0.717, 1.165) is 32.7 Å². The number of hydrogen-bond acceptors (Lipinski definition) is 3. The molecule has 4 rings (SSSR count). The molecule has 34 heavy (non-hydrogen) atoms. The SMILES string of the molecule is COc1ccc(C(CNC(=O)Cn2cc(C(F)(F)F)ccc2=O)c2c[nH]c3ccccc23)cc1. The second kappa shape index (κ2) is 9.46. The number of hydrogen-bond donors (Lipinski definition) is 2. The Hall–Kier alpha value is -4.01. The number of H-pyrrole nitrogens is 1. The Bertz CT molecular complexity index is 1360. The number of benzene rings is 2. The second-order valence-corrected chi connectivity index (χ2v) is 7.80. The fourth-order valence-electron chi connectivity index (χ4n) is 3.87. The second-order valence-electron chi connectivity index (χ2n) is 7.80. The number of aromatic nitrogens is 2. The molecule has 6 nitrogen and oxygen atoms in total. The first-order chi connectivity index (χ1) is 16.3. The van der Waals surface area contributed by atoms with Gasteiger partial charge >= 0.3 is 6.18 Å². The third-order valence-electron chi connectivity index (χ3n) is 5.64. The van der Waals surface area contributed by atoms with Crippen LogP contribution in [0.2, 0.25) is 0 Å². The fourth-order valence-corrected chi connectivity index (χ4v) is 3.87. The van der Waals surface area contributed by atoms with Crippen LogP contribution in [0.15, 0.2) is 77.9 Å². The largest absolute Gasteiger partial charge is 0.497 e. The summed E-state index contributed by atoms with van der Waals surface area (Å²) < 4.78 is 45.0. The van der Waals surface area contributed by atoms with E-state index in [1.807, 2.05) is 54.7 Å². The maximum absolute atomic E-state index is 13.0. The van der Waals surface area contributed by atoms with Gasteiger partial charge in [0.05, 0.1) is 12.7 Å². The van der Waals surface area contributed by atoms with Crippen molar-refractivity contribution < 1.29 is 22.7 Å². The van der Waals surface area contributed by atoms with E-state index in [0.29, 0.717) is 18.0 Å². The number of carbonyl (C=O) groups is 1. The number of rotatable bonds is 7. The summed E-state index contributed by atoms with van der Waals surface area (Å²) in [5, 5.41) is 3.76. The van der Waals surface area contributed by atoms with Crippen LogP contribution in [0.25, 0.3) is 10.9 Å². The number of carbonyl (C=O) groups excluding carboxylic acids is 1. The third-order valence-corrected chi connectivity index (χ3v) is 5.64. The number of nitrogens with one attached hydrogen (secondary N) is 2. The zero-order valence-electron chi connectivity index (χ0n) is 18.2. The smallest absolute Gasteiger partial charge is 0.417 e. The summed E-state index contributed by atoms with van der Waals surface area (Å²) in [6.07, 6.45) is -2.08. The van der Waals surface area contributed by atoms with E-state index in [-0.39, 0.29) is 12.5 Å². The van der Waals surface area contributed by atoms with Gasteiger partial charge < -0.3 is 19.6 Å². The molecule has 0 saturated carbocycles. The van der Waals surface area contributed by atoms with Crippen molar-refractivity contribution in [3.63, 3.8) is 0 Å². The number of alkyl halides is 3. The van der Waals surface area contributed by atoms with Crippen molar-refractivity contribution in [3.8, 4) is 5.75 Å². The molecule has 2 aromatic heterocycles. The van der Waals surface area contributed by atoms with Gasteiger partial charge in [0.15, 0.2) is 0 Å². The first-order valence-corrected chi connectivity index (χ1v) is 10.5. The van der Waals surface area contributed by atoms with Crippen molar-refractivity contribution in [3.05, 3.63) is 100 Å². The van der Waals surface area contributed by atoms with Crippen LogP contribution in [0, 0.1) is 0 Å². The molecule has 2 N–H and O–H groups in total. The minimum atomic E-state index is -4.61. The molecule has 0 aliphatic heterocycles. The van der Waals surface area contributed by atoms with Crippen LogP contribution >= 0.6 is 0 Å². The molecule has 1 unspecified atom stereocenters. The van der Waals surface area contributed by atoms with Crippen molar-refractivity contribution in [1.29, 1.82) is 0 Å². The average Bonchev–Trinajstić information content (AvgIpc) is 3.24. The molecule has 2 heterocycles. The monoisotopic (exact) mass is 469 g/mol. The van der Waals surface area contributed by atoms with Crippen LogP contribution in [-0.4, -0.2) is 29.1 Å². The minimum absolute atomic E-state index is 0.181. The highest BCUT2D eigenvalue weighted by Crippen LogP contribution is 2.31. The lowest BCUT2D eigenvalue weighted by atomic mass is 9.91. The Morgan fingerprint density at radius 1 is 1.09 bits per heavy atom. The summed E-state index contributed by atoms with van der Waals surface area (Å²) in [7, 11) is 1.57. The highest BCUT2D eigenvalue weighted by Gasteiger charge is 2.31. The molecule has 0 bridgehead atoms. The Morgan fingerprint density at radius 3 is 2.53 bits per heavy atom. The van der Waals surface area contributed by atoms with E-state index in [1.165, 1.54) is 0 Å². The van der Waals surface area contributed by atoms with Gasteiger partial charge in [-0.1, -0.05) is 30.3 Å². The summed E-state index contributed by atoms with van der Waals surface area (Å²) in [5.74, 6) is -0.126. The predicted octanol–water partition coefficient (Wildman–Crippen LogP) is 4.31. The van der Waals surface area contributed by atoms with Gasteiger partial charge in [-0.25, -0.2) is 0 Å². The molecule has 176 valence electrons. The maximum atomic E-state index is 13.0. The van der Waals surface area contributed by atoms with E-state index in [2.05, 4.69) is 10.3 Å². The summed E-state index contributed by atoms with van der Waals surface area (Å²) in [6.45, 7) is -0.341. The molecule has 0 spiro atoms. The summed E-state index contributed by atoms with van der Waals surface area (Å²) in [5.41, 5.74) is 1.14. The molecule has 2 aromatic carbocycles. The quantitative estimate of drug-likeness (QED) is 0.424. The van der Waals surface area contributed by atoms with E-state index in [9.17, 15) is 22.8 Å². The molecule has 0 radical (unpaired) electrons. The molecular weight excluding hydrogens is 447 g/mol. The zero-order valence-corrected chi connectivity index (χ0v) is 18.2. The molecule has 0 aliphatic rings. The van der Waals surface area contributed by atoms with Gasteiger partial charge in [-0.15, -0.1) is 0 Å². The van der Waals surface area contributed by atoms with Gasteiger partial charge in [0.2, 0.25) is 5.91 Å². The van der Waals surface area contributed by atoms with Crippen molar-refractivity contribution in [2.75, 3.05) is 13.7 Å². The van der Waals surface area contributed by atoms with Gasteiger partial charge in [-0.3, -0.25) is 9.59 Å². The Morgan fingerprint density at radius 2 is 1.82 bits per heavy atom. The van der Waals surface area contributed by atoms with Crippen molar-refractivity contribution in [1.82, 2.24) is 14.9 Å². The number of pyridine rings is 1. The van der Waals surface area contributed by atoms with E-state index in [4.69, 9.17) is 4.74 Å². The lowest BCUT2D eigenvalue weighted by molar-refractivity contribution is -0.138. The number of halogens is 3. The van der Waals surface area contributed by atoms with Gasteiger partial charge in [-0.2, -0.15) is 13.2 Å². The molecule has 0 fully saturated rings. The molecule has 1 atom stereocenters. The van der Waals surface area contributed by atoms with E-state index >= 15 is 0 Å². The van der Waals surface area contributed by atoms with Crippen LogP contribution in [-0.2, 0) is 17.5 Å². The topological polar surface area (TPSA) is 76.1 Å². The molecule has 9 heteroatoms. The van der Waals surface area contributed by atoms with Gasteiger partial charge in [0, 0.05) is 41.8 Å².